The van der Waals surface area contributed by atoms with E-state index in [1.807, 2.05) is 23.7 Å². The van der Waals surface area contributed by atoms with Crippen LogP contribution in [0.3, 0.4) is 0 Å². The molecule has 0 aliphatic heterocycles. The van der Waals surface area contributed by atoms with Crippen molar-refractivity contribution in [3.8, 4) is 0 Å². The van der Waals surface area contributed by atoms with Gasteiger partial charge in [0.15, 0.2) is 0 Å². The van der Waals surface area contributed by atoms with Crippen LogP contribution in [0.2, 0.25) is 0 Å². The van der Waals surface area contributed by atoms with Crippen LogP contribution >= 0.6 is 11.9 Å². The van der Waals surface area contributed by atoms with E-state index in [4.69, 9.17) is 0 Å². The van der Waals surface area contributed by atoms with Crippen molar-refractivity contribution in [1.29, 1.82) is 0 Å². The average Bonchev–Trinajstić information content (AvgIpc) is 2.38. The Labute approximate surface area is 104 Å². The van der Waals surface area contributed by atoms with Gasteiger partial charge in [0.05, 0.1) is 0 Å². The fourth-order valence-corrected chi connectivity index (χ4v) is 1.42. The largest absolute Gasteiger partial charge is 0.320 e. The summed E-state index contributed by atoms with van der Waals surface area (Å²) in [5, 5.41) is 0. The van der Waals surface area contributed by atoms with Crippen LogP contribution in [0.4, 0.5) is 0 Å². The maximum Gasteiger partial charge on any atom is 0.0460 e. The molecule has 0 N–H and O–H groups in total. The first-order valence-electron chi connectivity index (χ1n) is 5.31. The highest BCUT2D eigenvalue weighted by molar-refractivity contribution is 7.96. The van der Waals surface area contributed by atoms with E-state index in [1.54, 1.807) is 24.1 Å². The van der Waals surface area contributed by atoms with E-state index in [1.165, 1.54) is 12.8 Å². The zero-order valence-corrected chi connectivity index (χ0v) is 11.0. The minimum Gasteiger partial charge on any atom is -0.320 e. The summed E-state index contributed by atoms with van der Waals surface area (Å²) in [6, 6.07) is 0. The first-order chi connectivity index (χ1) is 7.76. The minimum atomic E-state index is 1.07. The molecule has 0 heterocycles. The van der Waals surface area contributed by atoms with Gasteiger partial charge in [-0.05, 0) is 25.0 Å². The fourth-order valence-electron chi connectivity index (χ4n) is 1.07. The zero-order valence-electron chi connectivity index (χ0n) is 10.2. The molecule has 0 aromatic rings. The van der Waals surface area contributed by atoms with Gasteiger partial charge in [-0.15, -0.1) is 0 Å². The lowest BCUT2D eigenvalue weighted by Gasteiger charge is -2.15. The molecule has 0 radical (unpaired) electrons. The second-order valence-corrected chi connectivity index (χ2v) is 4.06. The molecule has 1 nitrogen and oxygen atoms in total. The lowest BCUT2D eigenvalue weighted by atomic mass is 10.2. The Morgan fingerprint density at radius 1 is 1.25 bits per heavy atom. The predicted octanol–water partition coefficient (Wildman–Crippen LogP) is 4.34. The van der Waals surface area contributed by atoms with E-state index >= 15 is 0 Å². The van der Waals surface area contributed by atoms with Gasteiger partial charge in [-0.25, -0.2) is 0 Å². The van der Waals surface area contributed by atoms with Crippen molar-refractivity contribution in [3.63, 3.8) is 0 Å². The summed E-state index contributed by atoms with van der Waals surface area (Å²) in [7, 11) is 1.99. The van der Waals surface area contributed by atoms with Crippen molar-refractivity contribution in [2.75, 3.05) is 13.3 Å². The quantitative estimate of drug-likeness (QED) is 0.526. The maximum absolute atomic E-state index is 3.68. The number of allylic oxidation sites excluding steroid dienone is 7. The van der Waals surface area contributed by atoms with Crippen LogP contribution in [0.1, 0.15) is 12.8 Å². The van der Waals surface area contributed by atoms with Crippen molar-refractivity contribution in [1.82, 2.24) is 4.31 Å². The number of nitrogens with zero attached hydrogens (tertiary/aromatic N) is 1. The van der Waals surface area contributed by atoms with Crippen LogP contribution in [-0.4, -0.2) is 17.6 Å². The third-order valence-corrected chi connectivity index (χ3v) is 2.78. The average molecular weight is 235 g/mol. The highest BCUT2D eigenvalue weighted by Gasteiger charge is 1.94. The molecule has 0 aromatic carbocycles. The molecule has 0 spiro atoms. The van der Waals surface area contributed by atoms with Crippen molar-refractivity contribution in [2.45, 2.75) is 12.8 Å². The Bertz CT molecular complexity index is 275. The Morgan fingerprint density at radius 3 is 2.06 bits per heavy atom. The van der Waals surface area contributed by atoms with Crippen LogP contribution in [0.5, 0.6) is 0 Å². The summed E-state index contributed by atoms with van der Waals surface area (Å²) in [4.78, 5) is 0. The van der Waals surface area contributed by atoms with Crippen LogP contribution < -0.4 is 0 Å². The summed E-state index contributed by atoms with van der Waals surface area (Å²) in [6.45, 7) is 7.28. The molecule has 0 bridgehead atoms. The summed E-state index contributed by atoms with van der Waals surface area (Å²) in [6.07, 6.45) is 18.5. The number of hydrogen-bond acceptors (Lipinski definition) is 2. The van der Waals surface area contributed by atoms with Crippen LogP contribution in [0.25, 0.3) is 0 Å². The second kappa shape index (κ2) is 10.4. The zero-order chi connectivity index (χ0) is 12.2. The first-order valence-corrected chi connectivity index (χ1v) is 6.49. The monoisotopic (exact) mass is 235 g/mol. The van der Waals surface area contributed by atoms with Crippen LogP contribution in [0, 0.1) is 0 Å². The van der Waals surface area contributed by atoms with Crippen LogP contribution in [0.15, 0.2) is 61.4 Å². The summed E-state index contributed by atoms with van der Waals surface area (Å²) >= 11 is 1.64. The molecule has 0 aromatic heterocycles. The molecular weight excluding hydrogens is 214 g/mol. The van der Waals surface area contributed by atoms with Gasteiger partial charge in [0.1, 0.15) is 0 Å². The fraction of sp³-hybridized carbons (Fsp3) is 0.286. The second-order valence-electron chi connectivity index (χ2n) is 3.15. The molecule has 16 heavy (non-hydrogen) atoms. The standard InChI is InChI=1S/C8H13NS.C6H8/c1-5-7-8(6-2)9(3)10-4;1-2-4-6-5-3-1/h5-7H,1-2H2,3-4H3;1-4H,5-6H2/b8-7+;. The number of rotatable bonds is 4. The Morgan fingerprint density at radius 2 is 1.81 bits per heavy atom. The van der Waals surface area contributed by atoms with Gasteiger partial charge in [0.2, 0.25) is 0 Å². The molecule has 0 amide bonds. The van der Waals surface area contributed by atoms with E-state index in [0.717, 1.165) is 5.70 Å². The van der Waals surface area contributed by atoms with Gasteiger partial charge in [-0.2, -0.15) is 0 Å². The third-order valence-electron chi connectivity index (χ3n) is 2.02. The molecule has 88 valence electrons. The number of likely N-dealkylation sites (N-methyl/N-ethyl adjacent to an activating group) is 1. The Hall–Kier alpha value is -1.15. The van der Waals surface area contributed by atoms with Crippen molar-refractivity contribution in [2.24, 2.45) is 0 Å². The van der Waals surface area contributed by atoms with Gasteiger partial charge >= 0.3 is 0 Å². The molecule has 0 saturated heterocycles. The van der Waals surface area contributed by atoms with Crippen LogP contribution in [-0.2, 0) is 0 Å². The Balaban J connectivity index is 0.000000315. The van der Waals surface area contributed by atoms with Crippen molar-refractivity contribution in [3.05, 3.63) is 61.4 Å². The van der Waals surface area contributed by atoms with Crippen molar-refractivity contribution >= 4 is 11.9 Å². The summed E-state index contributed by atoms with van der Waals surface area (Å²) < 4.78 is 2.02. The molecule has 0 fully saturated rings. The van der Waals surface area contributed by atoms with E-state index < -0.39 is 0 Å². The van der Waals surface area contributed by atoms with E-state index in [0.29, 0.717) is 0 Å². The van der Waals surface area contributed by atoms with Gasteiger partial charge in [-0.1, -0.05) is 55.5 Å². The predicted molar refractivity (Wildman–Crippen MR) is 77.3 cm³/mol. The van der Waals surface area contributed by atoms with E-state index in [9.17, 15) is 0 Å². The summed E-state index contributed by atoms with van der Waals surface area (Å²) in [5.74, 6) is 0. The Kier molecular flexibility index (Phi) is 9.63. The molecule has 1 aliphatic rings. The smallest absolute Gasteiger partial charge is 0.0460 e. The minimum absolute atomic E-state index is 1.07. The molecule has 1 aliphatic carbocycles. The van der Waals surface area contributed by atoms with Gasteiger partial charge < -0.3 is 4.31 Å². The van der Waals surface area contributed by atoms with E-state index in [2.05, 4.69) is 37.5 Å². The molecule has 0 unspecified atom stereocenters. The lowest BCUT2D eigenvalue weighted by Crippen LogP contribution is -2.04. The number of hydrogen-bond donors (Lipinski definition) is 0. The van der Waals surface area contributed by atoms with Gasteiger partial charge in [-0.3, -0.25) is 0 Å². The highest BCUT2D eigenvalue weighted by Crippen LogP contribution is 2.11. The molecule has 0 saturated carbocycles. The summed E-state index contributed by atoms with van der Waals surface area (Å²) in [5.41, 5.74) is 1.07. The molecule has 0 atom stereocenters. The SMILES string of the molecule is C1=CCCC=C1.C=C/C=C(\C=C)N(C)SC. The highest BCUT2D eigenvalue weighted by atomic mass is 32.2. The lowest BCUT2D eigenvalue weighted by molar-refractivity contribution is 0.731. The van der Waals surface area contributed by atoms with E-state index in [-0.39, 0.29) is 0 Å². The topological polar surface area (TPSA) is 3.24 Å². The van der Waals surface area contributed by atoms with Crippen molar-refractivity contribution < 1.29 is 0 Å². The molecule has 2 heteroatoms. The van der Waals surface area contributed by atoms with Gasteiger partial charge in [0.25, 0.3) is 0 Å². The maximum atomic E-state index is 3.68. The van der Waals surface area contributed by atoms with Gasteiger partial charge in [0, 0.05) is 19.0 Å². The molecule has 1 rings (SSSR count). The third kappa shape index (κ3) is 7.18. The normalized spacial score (nSPS) is 13.8. The molecular formula is C14H21NS. The first kappa shape index (κ1) is 14.8.